The van der Waals surface area contributed by atoms with Crippen molar-refractivity contribution in [1.29, 1.82) is 0 Å². The van der Waals surface area contributed by atoms with Crippen LogP contribution in [0, 0.1) is 0 Å². The van der Waals surface area contributed by atoms with E-state index in [0.29, 0.717) is 0 Å². The third kappa shape index (κ3) is 6.86. The molecule has 0 radical (unpaired) electrons. The minimum Gasteiger partial charge on any atom is -0.744 e. The second kappa shape index (κ2) is 13.1. The maximum absolute atomic E-state index is 11.6. The Morgan fingerprint density at radius 2 is 1.31 bits per heavy atom. The van der Waals surface area contributed by atoms with Gasteiger partial charge in [0.1, 0.15) is 37.4 Å². The number of hydrogen-bond donors (Lipinski definition) is 2. The first-order valence-corrected chi connectivity index (χ1v) is 11.6. The summed E-state index contributed by atoms with van der Waals surface area (Å²) in [6.07, 6.45) is 0. The smallest absolute Gasteiger partial charge is 0.744 e. The Kier molecular flexibility index (Phi) is 12.7. The molecule has 0 aliphatic heterocycles. The number of azo groups is 1. The molecule has 0 amide bonds. The average molecular weight is 588 g/mol. The summed E-state index contributed by atoms with van der Waals surface area (Å²) in [6.45, 7) is 0. The maximum Gasteiger partial charge on any atom is 1.00 e. The molecule has 178 valence electrons. The zero-order valence-electron chi connectivity index (χ0n) is 18.7. The molecule has 0 heterocycles. The topological polar surface area (TPSA) is 211 Å². The summed E-state index contributed by atoms with van der Waals surface area (Å²) >= 11 is 0. The minimum absolute atomic E-state index is 0. The van der Waals surface area contributed by atoms with Gasteiger partial charge in [0.2, 0.25) is 0 Å². The maximum atomic E-state index is 11.6. The number of benzene rings is 4. The summed E-state index contributed by atoms with van der Waals surface area (Å²) in [5.41, 5.74) is -0.394. The van der Waals surface area contributed by atoms with E-state index in [1.807, 2.05) is 0 Å². The van der Waals surface area contributed by atoms with Crippen molar-refractivity contribution >= 4 is 53.2 Å². The van der Waals surface area contributed by atoms with Crippen LogP contribution in [0.1, 0.15) is 0 Å². The first kappa shape index (κ1) is 34.9. The van der Waals surface area contributed by atoms with E-state index in [0.717, 1.165) is 12.1 Å². The van der Waals surface area contributed by atoms with Crippen molar-refractivity contribution in [3.8, 4) is 11.5 Å². The van der Waals surface area contributed by atoms with Crippen LogP contribution in [0.25, 0.3) is 21.5 Å². The largest absolute Gasteiger partial charge is 1.00 e. The Bertz CT molecular complexity index is 1670. The average Bonchev–Trinajstić information content (AvgIpc) is 2.72. The predicted molar refractivity (Wildman–Crippen MR) is 115 cm³/mol. The van der Waals surface area contributed by atoms with Crippen LogP contribution in [0.3, 0.4) is 0 Å². The number of phenolic OH excluding ortho intramolecular Hbond substituents is 2. The Morgan fingerprint density at radius 3 is 1.89 bits per heavy atom. The molecule has 0 saturated heterocycles. The Morgan fingerprint density at radius 1 is 0.722 bits per heavy atom. The molecule has 0 aliphatic carbocycles. The van der Waals surface area contributed by atoms with Crippen molar-refractivity contribution in [3.63, 3.8) is 0 Å². The SMILES string of the molecule is O.O=S(=O)([O-])c1cc(O)c(N=Nc2ccc3cccc(S(=O)(=O)[O-])c3c2O)c2ccccc12.[Cr].[Na+].[Na+]. The van der Waals surface area contributed by atoms with Crippen LogP contribution in [0.5, 0.6) is 11.5 Å². The number of hydrogen-bond acceptors (Lipinski definition) is 10. The standard InChI is InChI=1S/C20H14N2O8S2.Cr.2Na.H2O/c23-15-10-17(32(28,29)30)12-5-1-2-6-13(12)19(15)22-21-14-9-8-11-4-3-7-16(31(25,26)27)18(11)20(14)24;;;;/h1-10,23-24H,(H,25,26,27)(H,28,29,30);;;;1H2/q;;2*+1;/p-2. The fraction of sp³-hybridized carbons (Fsp3) is 0. The van der Waals surface area contributed by atoms with Crippen LogP contribution < -0.4 is 59.1 Å². The Balaban J connectivity index is 0.00000306. The molecule has 36 heavy (non-hydrogen) atoms. The summed E-state index contributed by atoms with van der Waals surface area (Å²) in [5.74, 6) is -1.27. The monoisotopic (exact) mass is 588 g/mol. The van der Waals surface area contributed by atoms with Gasteiger partial charge in [-0.2, -0.15) is 0 Å². The number of rotatable bonds is 4. The minimum atomic E-state index is -4.90. The van der Waals surface area contributed by atoms with Crippen molar-refractivity contribution in [2.24, 2.45) is 10.2 Å². The fourth-order valence-electron chi connectivity index (χ4n) is 3.33. The van der Waals surface area contributed by atoms with Gasteiger partial charge in [-0.05, 0) is 17.5 Å². The zero-order chi connectivity index (χ0) is 23.3. The summed E-state index contributed by atoms with van der Waals surface area (Å²) in [4.78, 5) is -1.27. The molecule has 4 aromatic carbocycles. The molecule has 4 N–H and O–H groups in total. The first-order valence-electron chi connectivity index (χ1n) is 8.81. The van der Waals surface area contributed by atoms with Crippen molar-refractivity contribution in [1.82, 2.24) is 0 Å². The van der Waals surface area contributed by atoms with Crippen LogP contribution >= 0.6 is 0 Å². The predicted octanol–water partition coefficient (Wildman–Crippen LogP) is -3.19. The van der Waals surface area contributed by atoms with E-state index in [4.69, 9.17) is 0 Å². The van der Waals surface area contributed by atoms with Crippen LogP contribution in [-0.4, -0.2) is 41.6 Å². The molecule has 0 saturated carbocycles. The molecule has 0 unspecified atom stereocenters. The van der Waals surface area contributed by atoms with Crippen molar-refractivity contribution in [3.05, 3.63) is 60.7 Å². The molecule has 0 aromatic heterocycles. The summed E-state index contributed by atoms with van der Waals surface area (Å²) < 4.78 is 69.3. The number of fused-ring (bicyclic) bond motifs is 2. The van der Waals surface area contributed by atoms with Gasteiger partial charge in [-0.3, -0.25) is 0 Å². The summed E-state index contributed by atoms with van der Waals surface area (Å²) in [6, 6.07) is 13.2. The van der Waals surface area contributed by atoms with Gasteiger partial charge in [-0.25, -0.2) is 16.8 Å². The quantitative estimate of drug-likeness (QED) is 0.141. The molecule has 0 bridgehead atoms. The van der Waals surface area contributed by atoms with Gasteiger partial charge in [0.05, 0.1) is 9.79 Å². The zero-order valence-corrected chi connectivity index (χ0v) is 25.6. The van der Waals surface area contributed by atoms with Crippen molar-refractivity contribution < 1.29 is 118 Å². The first-order chi connectivity index (χ1) is 15.0. The molecule has 0 atom stereocenters. The van der Waals surface area contributed by atoms with Crippen LogP contribution in [0.4, 0.5) is 11.4 Å². The van der Waals surface area contributed by atoms with E-state index in [9.17, 15) is 36.2 Å². The van der Waals surface area contributed by atoms with Gasteiger partial charge >= 0.3 is 59.1 Å². The molecular formula is C20H14CrN2Na2O9S2. The molecule has 4 rings (SSSR count). The molecule has 11 nitrogen and oxygen atoms in total. The van der Waals surface area contributed by atoms with Gasteiger partial charge in [0, 0.05) is 39.6 Å². The van der Waals surface area contributed by atoms with Crippen LogP contribution in [-0.2, 0) is 37.6 Å². The second-order valence-corrected chi connectivity index (χ2v) is 9.38. The van der Waals surface area contributed by atoms with E-state index < -0.39 is 41.5 Å². The third-order valence-corrected chi connectivity index (χ3v) is 6.47. The Hall–Kier alpha value is -1.09. The van der Waals surface area contributed by atoms with E-state index in [1.165, 1.54) is 48.5 Å². The van der Waals surface area contributed by atoms with E-state index in [2.05, 4.69) is 10.2 Å². The van der Waals surface area contributed by atoms with Gasteiger partial charge in [0.25, 0.3) is 0 Å². The Labute approximate surface area is 260 Å². The number of aromatic hydroxyl groups is 2. The fourth-order valence-corrected chi connectivity index (χ4v) is 4.75. The normalized spacial score (nSPS) is 11.3. The summed E-state index contributed by atoms with van der Waals surface area (Å²) in [5, 5.41) is 28.7. The van der Waals surface area contributed by atoms with E-state index in [-0.39, 0.29) is 115 Å². The molecule has 0 fully saturated rings. The van der Waals surface area contributed by atoms with Gasteiger partial charge in [-0.1, -0.05) is 42.5 Å². The number of nitrogens with zero attached hydrogens (tertiary/aromatic N) is 2. The molecule has 0 aliphatic rings. The molecular weight excluding hydrogens is 574 g/mol. The van der Waals surface area contributed by atoms with Crippen LogP contribution in [0.15, 0.2) is 80.7 Å². The van der Waals surface area contributed by atoms with Crippen LogP contribution in [0.2, 0.25) is 0 Å². The van der Waals surface area contributed by atoms with E-state index in [1.54, 1.807) is 0 Å². The van der Waals surface area contributed by atoms with Gasteiger partial charge in [-0.15, -0.1) is 10.2 Å². The third-order valence-electron chi connectivity index (χ3n) is 4.71. The molecule has 0 spiro atoms. The van der Waals surface area contributed by atoms with Crippen molar-refractivity contribution in [2.45, 2.75) is 9.79 Å². The summed E-state index contributed by atoms with van der Waals surface area (Å²) in [7, 11) is -9.79. The number of phenols is 2. The molecule has 16 heteroatoms. The molecule has 4 aromatic rings. The van der Waals surface area contributed by atoms with Gasteiger partial charge in [0.15, 0.2) is 5.75 Å². The van der Waals surface area contributed by atoms with Gasteiger partial charge < -0.3 is 24.8 Å². The van der Waals surface area contributed by atoms with Crippen molar-refractivity contribution in [2.75, 3.05) is 0 Å². The van der Waals surface area contributed by atoms with E-state index >= 15 is 0 Å². The second-order valence-electron chi connectivity index (χ2n) is 6.68.